The Balaban J connectivity index is 1.85. The topological polar surface area (TPSA) is 32.3 Å². The molecule has 0 aromatic heterocycles. The SMILES string of the molecule is CC(C)N(CC(=O)NC1CCCCCC1)Cc1ccccc1. The summed E-state index contributed by atoms with van der Waals surface area (Å²) in [6.07, 6.45) is 7.43. The van der Waals surface area contributed by atoms with Gasteiger partial charge in [-0.25, -0.2) is 0 Å². The van der Waals surface area contributed by atoms with Crippen LogP contribution >= 0.6 is 0 Å². The van der Waals surface area contributed by atoms with Crippen LogP contribution in [0.1, 0.15) is 57.9 Å². The Bertz CT molecular complexity index is 436. The molecule has 22 heavy (non-hydrogen) atoms. The van der Waals surface area contributed by atoms with Gasteiger partial charge in [-0.2, -0.15) is 0 Å². The average Bonchev–Trinajstić information content (AvgIpc) is 2.76. The number of nitrogens with one attached hydrogen (secondary N) is 1. The first-order valence-electron chi connectivity index (χ1n) is 8.72. The van der Waals surface area contributed by atoms with E-state index in [0.717, 1.165) is 19.4 Å². The Hall–Kier alpha value is -1.35. The predicted molar refractivity (Wildman–Crippen MR) is 91.6 cm³/mol. The minimum absolute atomic E-state index is 0.177. The summed E-state index contributed by atoms with van der Waals surface area (Å²) in [6.45, 7) is 5.63. The molecule has 1 aliphatic carbocycles. The molecule has 3 nitrogen and oxygen atoms in total. The van der Waals surface area contributed by atoms with Crippen LogP contribution in [0.5, 0.6) is 0 Å². The summed E-state index contributed by atoms with van der Waals surface area (Å²) in [5, 5.41) is 3.25. The van der Waals surface area contributed by atoms with Gasteiger partial charge in [-0.1, -0.05) is 56.0 Å². The molecule has 1 aromatic carbocycles. The monoisotopic (exact) mass is 302 g/mol. The number of benzene rings is 1. The molecule has 0 unspecified atom stereocenters. The zero-order chi connectivity index (χ0) is 15.8. The van der Waals surface area contributed by atoms with Crippen molar-refractivity contribution in [2.45, 2.75) is 71.0 Å². The first-order chi connectivity index (χ1) is 10.6. The van der Waals surface area contributed by atoms with Crippen LogP contribution < -0.4 is 5.32 Å². The lowest BCUT2D eigenvalue weighted by molar-refractivity contribution is -0.123. The third-order valence-electron chi connectivity index (χ3n) is 4.53. The zero-order valence-corrected chi connectivity index (χ0v) is 14.1. The van der Waals surface area contributed by atoms with Crippen molar-refractivity contribution < 1.29 is 4.79 Å². The molecule has 0 spiro atoms. The molecular formula is C19H30N2O. The fraction of sp³-hybridized carbons (Fsp3) is 0.632. The van der Waals surface area contributed by atoms with E-state index in [1.165, 1.54) is 31.2 Å². The van der Waals surface area contributed by atoms with Crippen molar-refractivity contribution in [3.05, 3.63) is 35.9 Å². The Morgan fingerprint density at radius 1 is 1.14 bits per heavy atom. The van der Waals surface area contributed by atoms with Gasteiger partial charge in [0.15, 0.2) is 0 Å². The molecular weight excluding hydrogens is 272 g/mol. The van der Waals surface area contributed by atoms with Crippen LogP contribution in [0.3, 0.4) is 0 Å². The summed E-state index contributed by atoms with van der Waals surface area (Å²) < 4.78 is 0. The minimum atomic E-state index is 0.177. The molecule has 1 aromatic rings. The third-order valence-corrected chi connectivity index (χ3v) is 4.53. The minimum Gasteiger partial charge on any atom is -0.352 e. The van der Waals surface area contributed by atoms with Gasteiger partial charge in [-0.15, -0.1) is 0 Å². The molecule has 1 aliphatic rings. The number of amides is 1. The van der Waals surface area contributed by atoms with Gasteiger partial charge in [-0.3, -0.25) is 9.69 Å². The maximum atomic E-state index is 12.4. The van der Waals surface area contributed by atoms with Gasteiger partial charge in [0.05, 0.1) is 6.54 Å². The summed E-state index contributed by atoms with van der Waals surface area (Å²) in [6, 6.07) is 11.1. The van der Waals surface area contributed by atoms with Crippen molar-refractivity contribution in [3.63, 3.8) is 0 Å². The van der Waals surface area contributed by atoms with Crippen molar-refractivity contribution in [1.82, 2.24) is 10.2 Å². The first kappa shape index (κ1) is 17.0. The van der Waals surface area contributed by atoms with Crippen molar-refractivity contribution in [2.24, 2.45) is 0 Å². The quantitative estimate of drug-likeness (QED) is 0.812. The molecule has 0 atom stereocenters. The maximum Gasteiger partial charge on any atom is 0.234 e. The van der Waals surface area contributed by atoms with E-state index in [9.17, 15) is 4.79 Å². The van der Waals surface area contributed by atoms with Crippen LogP contribution in [0.25, 0.3) is 0 Å². The smallest absolute Gasteiger partial charge is 0.234 e. The third kappa shape index (κ3) is 5.80. The van der Waals surface area contributed by atoms with E-state index >= 15 is 0 Å². The number of nitrogens with zero attached hydrogens (tertiary/aromatic N) is 1. The lowest BCUT2D eigenvalue weighted by Gasteiger charge is -2.27. The Morgan fingerprint density at radius 3 is 2.36 bits per heavy atom. The molecule has 122 valence electrons. The number of hydrogen-bond acceptors (Lipinski definition) is 2. The van der Waals surface area contributed by atoms with Gasteiger partial charge in [0.1, 0.15) is 0 Å². The van der Waals surface area contributed by atoms with Gasteiger partial charge in [0.2, 0.25) is 5.91 Å². The second-order valence-electron chi connectivity index (χ2n) is 6.74. The van der Waals surface area contributed by atoms with Gasteiger partial charge >= 0.3 is 0 Å². The zero-order valence-electron chi connectivity index (χ0n) is 14.1. The van der Waals surface area contributed by atoms with Crippen molar-refractivity contribution in [3.8, 4) is 0 Å². The molecule has 0 aliphatic heterocycles. The van der Waals surface area contributed by atoms with E-state index in [0.29, 0.717) is 18.6 Å². The van der Waals surface area contributed by atoms with Crippen molar-refractivity contribution in [1.29, 1.82) is 0 Å². The van der Waals surface area contributed by atoms with E-state index in [4.69, 9.17) is 0 Å². The molecule has 1 fully saturated rings. The van der Waals surface area contributed by atoms with E-state index in [1.807, 2.05) is 6.07 Å². The molecule has 1 saturated carbocycles. The van der Waals surface area contributed by atoms with Crippen LogP contribution in [0.15, 0.2) is 30.3 Å². The van der Waals surface area contributed by atoms with Crippen LogP contribution in [0, 0.1) is 0 Å². The Labute approximate surface area is 135 Å². The number of hydrogen-bond donors (Lipinski definition) is 1. The Morgan fingerprint density at radius 2 is 1.77 bits per heavy atom. The summed E-state index contributed by atoms with van der Waals surface area (Å²) in [5.41, 5.74) is 1.26. The van der Waals surface area contributed by atoms with E-state index < -0.39 is 0 Å². The number of rotatable bonds is 6. The van der Waals surface area contributed by atoms with Gasteiger partial charge in [0.25, 0.3) is 0 Å². The maximum absolute atomic E-state index is 12.4. The molecule has 0 saturated heterocycles. The second kappa shape index (κ2) is 8.94. The lowest BCUT2D eigenvalue weighted by Crippen LogP contribution is -2.43. The molecule has 0 radical (unpaired) electrons. The van der Waals surface area contributed by atoms with E-state index in [2.05, 4.69) is 48.3 Å². The number of carbonyl (C=O) groups is 1. The van der Waals surface area contributed by atoms with E-state index in [-0.39, 0.29) is 5.91 Å². The normalized spacial score (nSPS) is 16.7. The van der Waals surface area contributed by atoms with Crippen LogP contribution in [0.4, 0.5) is 0 Å². The molecule has 0 bridgehead atoms. The van der Waals surface area contributed by atoms with E-state index in [1.54, 1.807) is 0 Å². The average molecular weight is 302 g/mol. The number of carbonyl (C=O) groups excluding carboxylic acids is 1. The van der Waals surface area contributed by atoms with Crippen LogP contribution in [0.2, 0.25) is 0 Å². The lowest BCUT2D eigenvalue weighted by atomic mass is 10.1. The predicted octanol–water partition coefficient (Wildman–Crippen LogP) is 3.74. The highest BCUT2D eigenvalue weighted by Crippen LogP contribution is 2.17. The highest BCUT2D eigenvalue weighted by atomic mass is 16.2. The second-order valence-corrected chi connectivity index (χ2v) is 6.74. The van der Waals surface area contributed by atoms with Gasteiger partial charge in [-0.05, 0) is 32.3 Å². The standard InChI is InChI=1S/C19H30N2O/c1-16(2)21(14-17-10-6-5-7-11-17)15-19(22)20-18-12-8-3-4-9-13-18/h5-7,10-11,16,18H,3-4,8-9,12-15H2,1-2H3,(H,20,22). The largest absolute Gasteiger partial charge is 0.352 e. The fourth-order valence-corrected chi connectivity index (χ4v) is 3.12. The van der Waals surface area contributed by atoms with Crippen molar-refractivity contribution >= 4 is 5.91 Å². The molecule has 3 heteroatoms. The molecule has 0 heterocycles. The van der Waals surface area contributed by atoms with Crippen LogP contribution in [-0.2, 0) is 11.3 Å². The summed E-state index contributed by atoms with van der Waals surface area (Å²) in [4.78, 5) is 14.6. The van der Waals surface area contributed by atoms with Crippen LogP contribution in [-0.4, -0.2) is 29.4 Å². The van der Waals surface area contributed by atoms with Crippen molar-refractivity contribution in [2.75, 3.05) is 6.54 Å². The molecule has 1 N–H and O–H groups in total. The molecule has 2 rings (SSSR count). The highest BCUT2D eigenvalue weighted by Gasteiger charge is 2.18. The summed E-state index contributed by atoms with van der Waals surface area (Å²) in [5.74, 6) is 0.177. The fourth-order valence-electron chi connectivity index (χ4n) is 3.12. The summed E-state index contributed by atoms with van der Waals surface area (Å²) in [7, 11) is 0. The first-order valence-corrected chi connectivity index (χ1v) is 8.72. The van der Waals surface area contributed by atoms with Gasteiger partial charge in [0, 0.05) is 18.6 Å². The summed E-state index contributed by atoms with van der Waals surface area (Å²) >= 11 is 0. The van der Waals surface area contributed by atoms with Gasteiger partial charge < -0.3 is 5.32 Å². The Kier molecular flexibility index (Phi) is 6.91. The molecule has 1 amide bonds. The highest BCUT2D eigenvalue weighted by molar-refractivity contribution is 5.78.